The Kier molecular flexibility index (Phi) is 13.1. The summed E-state index contributed by atoms with van der Waals surface area (Å²) in [5.74, 6) is 3.51. The number of benzene rings is 6. The molecule has 0 aliphatic rings. The predicted molar refractivity (Wildman–Crippen MR) is 252 cm³/mol. The maximum atomic E-state index is 13.5. The quantitative estimate of drug-likeness (QED) is 0.140. The number of nitrogens with zero attached hydrogens (tertiary/aromatic N) is 3. The number of hydrogen-bond donors (Lipinski definition) is 1. The maximum Gasteiger partial charge on any atom is 0.229 e. The van der Waals surface area contributed by atoms with E-state index in [-0.39, 0.29) is 11.3 Å². The van der Waals surface area contributed by atoms with Crippen LogP contribution in [-0.2, 0) is 17.9 Å². The lowest BCUT2D eigenvalue weighted by molar-refractivity contribution is -0.120. The van der Waals surface area contributed by atoms with Crippen molar-refractivity contribution in [1.29, 1.82) is 0 Å². The summed E-state index contributed by atoms with van der Waals surface area (Å²) >= 11 is 0. The fourth-order valence-electron chi connectivity index (χ4n) is 7.51. The van der Waals surface area contributed by atoms with E-state index in [1.807, 2.05) is 72.6 Å². The predicted octanol–water partition coefficient (Wildman–Crippen LogP) is 13.0. The van der Waals surface area contributed by atoms with Gasteiger partial charge < -0.3 is 14.8 Å². The third kappa shape index (κ3) is 10.4. The molecule has 6 aromatic carbocycles. The molecule has 2 aromatic heterocycles. The molecule has 0 unspecified atom stereocenters. The van der Waals surface area contributed by atoms with Crippen LogP contribution in [-0.4, -0.2) is 30.1 Å². The summed E-state index contributed by atoms with van der Waals surface area (Å²) < 4.78 is 10.7. The number of aryl methyl sites for hydroxylation is 2. The zero-order valence-electron chi connectivity index (χ0n) is 36.2. The van der Waals surface area contributed by atoms with Crippen LogP contribution in [0.1, 0.15) is 49.4 Å². The molecule has 8 aromatic rings. The summed E-state index contributed by atoms with van der Waals surface area (Å²) in [5, 5.41) is 7.86. The van der Waals surface area contributed by atoms with Gasteiger partial charge in [0.25, 0.3) is 0 Å². The SMILES string of the molecule is COc1ccc(-c2ccc(CN(C(=O)CC(C)(C)C)c3nccc4ccccc34)cc2)cc1C.COc1ccc(-c2ccc(CNc3nccc4ccccc34)cc2)cc1C. The van der Waals surface area contributed by atoms with Gasteiger partial charge in [-0.3, -0.25) is 9.69 Å². The first-order chi connectivity index (χ1) is 29.5. The standard InChI is InChI=1S/C30H32N2O2.C24H22N2O/c1-21-18-25(14-15-27(21)34-5)23-12-10-22(11-13-23)20-32(28(33)19-30(2,3)4)29-26-9-7-6-8-24(26)16-17-31-29;1-17-15-21(11-12-23(17)27-2)19-9-7-18(8-10-19)16-26-24-22-6-4-3-5-20(22)13-14-25-24/h6-18H,19-20H2,1-5H3;3-15H,16H2,1-2H3,(H,25,26). The maximum absolute atomic E-state index is 13.5. The Bertz CT molecular complexity index is 2750. The normalized spacial score (nSPS) is 11.1. The molecule has 2 heterocycles. The number of rotatable bonds is 11. The summed E-state index contributed by atoms with van der Waals surface area (Å²) in [6.45, 7) is 11.6. The highest BCUT2D eigenvalue weighted by atomic mass is 16.5. The molecule has 7 nitrogen and oxygen atoms in total. The molecule has 0 atom stereocenters. The van der Waals surface area contributed by atoms with Crippen LogP contribution in [0.3, 0.4) is 0 Å². The van der Waals surface area contributed by atoms with Crippen LogP contribution in [0.15, 0.2) is 158 Å². The van der Waals surface area contributed by atoms with E-state index in [1.54, 1.807) is 20.4 Å². The van der Waals surface area contributed by atoms with Crippen LogP contribution < -0.4 is 19.7 Å². The Morgan fingerprint density at radius 1 is 0.590 bits per heavy atom. The van der Waals surface area contributed by atoms with Gasteiger partial charge in [0, 0.05) is 36.1 Å². The molecule has 0 radical (unpaired) electrons. The Hall–Kier alpha value is -6.99. The highest BCUT2D eigenvalue weighted by Crippen LogP contribution is 2.31. The minimum atomic E-state index is -0.115. The number of carbonyl (C=O) groups is 1. The van der Waals surface area contributed by atoms with Crippen molar-refractivity contribution in [2.45, 2.75) is 54.1 Å². The van der Waals surface area contributed by atoms with Gasteiger partial charge in [-0.05, 0) is 111 Å². The summed E-state index contributed by atoms with van der Waals surface area (Å²) in [4.78, 5) is 24.4. The van der Waals surface area contributed by atoms with Gasteiger partial charge in [0.1, 0.15) is 23.1 Å². The van der Waals surface area contributed by atoms with E-state index < -0.39 is 0 Å². The van der Waals surface area contributed by atoms with Crippen molar-refractivity contribution < 1.29 is 14.3 Å². The van der Waals surface area contributed by atoms with Crippen molar-refractivity contribution >= 4 is 39.1 Å². The first-order valence-corrected chi connectivity index (χ1v) is 20.7. The van der Waals surface area contributed by atoms with Crippen molar-refractivity contribution in [3.05, 3.63) is 180 Å². The molecule has 1 amide bonds. The first-order valence-electron chi connectivity index (χ1n) is 20.7. The number of anilines is 2. The average molecular weight is 807 g/mol. The van der Waals surface area contributed by atoms with Crippen LogP contribution in [0.25, 0.3) is 43.8 Å². The van der Waals surface area contributed by atoms with Gasteiger partial charge in [-0.25, -0.2) is 9.97 Å². The molecule has 0 spiro atoms. The Labute approximate surface area is 360 Å². The number of carbonyl (C=O) groups excluding carboxylic acids is 1. The number of methoxy groups -OCH3 is 2. The van der Waals surface area contributed by atoms with E-state index >= 15 is 0 Å². The van der Waals surface area contributed by atoms with Crippen molar-refractivity contribution in [2.75, 3.05) is 24.4 Å². The molecular formula is C54H54N4O3. The first kappa shape index (κ1) is 42.1. The van der Waals surface area contributed by atoms with Gasteiger partial charge in [-0.15, -0.1) is 0 Å². The fourth-order valence-corrected chi connectivity index (χ4v) is 7.51. The molecule has 0 aliphatic carbocycles. The molecule has 8 rings (SSSR count). The van der Waals surface area contributed by atoms with E-state index in [1.165, 1.54) is 22.1 Å². The second-order valence-electron chi connectivity index (χ2n) is 16.6. The number of pyridine rings is 2. The van der Waals surface area contributed by atoms with E-state index in [4.69, 9.17) is 9.47 Å². The molecular weight excluding hydrogens is 753 g/mol. The fraction of sp³-hybridized carbons (Fsp3) is 0.204. The van der Waals surface area contributed by atoms with Crippen LogP contribution in [0, 0.1) is 19.3 Å². The number of hydrogen-bond acceptors (Lipinski definition) is 6. The number of ether oxygens (including phenoxy) is 2. The summed E-state index contributed by atoms with van der Waals surface area (Å²) in [5.41, 5.74) is 9.08. The Morgan fingerprint density at radius 2 is 1.08 bits per heavy atom. The third-order valence-electron chi connectivity index (χ3n) is 10.7. The summed E-state index contributed by atoms with van der Waals surface area (Å²) in [7, 11) is 3.39. The molecule has 0 aliphatic heterocycles. The van der Waals surface area contributed by atoms with Crippen LogP contribution in [0.4, 0.5) is 11.6 Å². The molecule has 0 bridgehead atoms. The number of aromatic nitrogens is 2. The lowest BCUT2D eigenvalue weighted by Crippen LogP contribution is -2.34. The van der Waals surface area contributed by atoms with E-state index in [9.17, 15) is 4.79 Å². The van der Waals surface area contributed by atoms with Gasteiger partial charge in [-0.1, -0.05) is 130 Å². The van der Waals surface area contributed by atoms with Gasteiger partial charge in [0.15, 0.2) is 0 Å². The van der Waals surface area contributed by atoms with Crippen molar-refractivity contribution in [3.8, 4) is 33.8 Å². The second-order valence-corrected chi connectivity index (χ2v) is 16.6. The zero-order chi connectivity index (χ0) is 42.9. The average Bonchev–Trinajstić information content (AvgIpc) is 3.27. The van der Waals surface area contributed by atoms with E-state index in [0.717, 1.165) is 67.8 Å². The number of fused-ring (bicyclic) bond motifs is 2. The number of nitrogens with one attached hydrogen (secondary N) is 1. The Morgan fingerprint density at radius 3 is 1.62 bits per heavy atom. The largest absolute Gasteiger partial charge is 0.496 e. The smallest absolute Gasteiger partial charge is 0.229 e. The van der Waals surface area contributed by atoms with Gasteiger partial charge in [0.05, 0.1) is 20.8 Å². The van der Waals surface area contributed by atoms with Crippen molar-refractivity contribution in [2.24, 2.45) is 5.41 Å². The van der Waals surface area contributed by atoms with Crippen molar-refractivity contribution in [3.63, 3.8) is 0 Å². The van der Waals surface area contributed by atoms with Gasteiger partial charge in [0.2, 0.25) is 5.91 Å². The van der Waals surface area contributed by atoms with Crippen molar-refractivity contribution in [1.82, 2.24) is 9.97 Å². The van der Waals surface area contributed by atoms with E-state index in [2.05, 4.69) is 134 Å². The minimum absolute atomic E-state index is 0.0752. The summed E-state index contributed by atoms with van der Waals surface area (Å²) in [6, 6.07) is 49.9. The topological polar surface area (TPSA) is 76.6 Å². The zero-order valence-corrected chi connectivity index (χ0v) is 36.2. The minimum Gasteiger partial charge on any atom is -0.496 e. The molecule has 0 fully saturated rings. The monoisotopic (exact) mass is 806 g/mol. The van der Waals surface area contributed by atoms with E-state index in [0.29, 0.717) is 18.8 Å². The van der Waals surface area contributed by atoms with Gasteiger partial charge >= 0.3 is 0 Å². The van der Waals surface area contributed by atoms with Gasteiger partial charge in [-0.2, -0.15) is 0 Å². The third-order valence-corrected chi connectivity index (χ3v) is 10.7. The lowest BCUT2D eigenvalue weighted by atomic mass is 9.91. The molecule has 61 heavy (non-hydrogen) atoms. The highest BCUT2D eigenvalue weighted by molar-refractivity contribution is 6.02. The summed E-state index contributed by atoms with van der Waals surface area (Å²) in [6.07, 6.45) is 4.07. The lowest BCUT2D eigenvalue weighted by Gasteiger charge is -2.27. The molecule has 0 saturated carbocycles. The number of amides is 1. The molecule has 0 saturated heterocycles. The molecule has 1 N–H and O–H groups in total. The van der Waals surface area contributed by atoms with Crippen LogP contribution >= 0.6 is 0 Å². The van der Waals surface area contributed by atoms with Crippen LogP contribution in [0.5, 0.6) is 11.5 Å². The Balaban J connectivity index is 0.000000189. The van der Waals surface area contributed by atoms with Crippen LogP contribution in [0.2, 0.25) is 0 Å². The molecule has 308 valence electrons. The highest BCUT2D eigenvalue weighted by Gasteiger charge is 2.25. The molecule has 7 heteroatoms. The second kappa shape index (κ2) is 18.9.